The lowest BCUT2D eigenvalue weighted by molar-refractivity contribution is 0.0963. The van der Waals surface area contributed by atoms with E-state index in [4.69, 9.17) is 10.8 Å². The molecular formula is C13H19N3O2. The predicted molar refractivity (Wildman–Crippen MR) is 71.7 cm³/mol. The molecule has 0 spiro atoms. The van der Waals surface area contributed by atoms with Gasteiger partial charge in [0.2, 0.25) is 0 Å². The highest BCUT2D eigenvalue weighted by Crippen LogP contribution is 2.35. The minimum atomic E-state index is -0.129. The van der Waals surface area contributed by atoms with Crippen molar-refractivity contribution in [2.24, 2.45) is 0 Å². The summed E-state index contributed by atoms with van der Waals surface area (Å²) in [6, 6.07) is 5.69. The molecule has 0 aliphatic heterocycles. The molecule has 5 heteroatoms. The van der Waals surface area contributed by atoms with E-state index >= 15 is 0 Å². The Kier molecular flexibility index (Phi) is 3.72. The quantitative estimate of drug-likeness (QED) is 0.667. The molecule has 1 saturated carbocycles. The summed E-state index contributed by atoms with van der Waals surface area (Å²) >= 11 is 0. The zero-order valence-electron chi connectivity index (χ0n) is 10.5. The van der Waals surface area contributed by atoms with Gasteiger partial charge in [0.1, 0.15) is 0 Å². The van der Waals surface area contributed by atoms with Gasteiger partial charge in [-0.2, -0.15) is 0 Å². The molecule has 0 aromatic heterocycles. The van der Waals surface area contributed by atoms with E-state index in [0.29, 0.717) is 23.8 Å². The van der Waals surface area contributed by atoms with Gasteiger partial charge in [-0.15, -0.1) is 0 Å². The van der Waals surface area contributed by atoms with E-state index in [1.807, 2.05) is 0 Å². The largest absolute Gasteiger partial charge is 0.397 e. The number of rotatable bonds is 5. The fraction of sp³-hybridized carbons (Fsp3) is 0.462. The Morgan fingerprint density at radius 3 is 2.83 bits per heavy atom. The Hall–Kier alpha value is -1.75. The lowest BCUT2D eigenvalue weighted by Crippen LogP contribution is -2.30. The van der Waals surface area contributed by atoms with Crippen LogP contribution >= 0.6 is 0 Å². The van der Waals surface area contributed by atoms with Crippen LogP contribution in [-0.4, -0.2) is 37.3 Å². The Balaban J connectivity index is 2.31. The van der Waals surface area contributed by atoms with Crippen LogP contribution in [0.25, 0.3) is 0 Å². The van der Waals surface area contributed by atoms with Crippen LogP contribution in [0.4, 0.5) is 11.4 Å². The zero-order chi connectivity index (χ0) is 13.1. The Labute approximate surface area is 107 Å². The summed E-state index contributed by atoms with van der Waals surface area (Å²) in [5, 5.41) is 11.7. The van der Waals surface area contributed by atoms with Crippen molar-refractivity contribution in [3.05, 3.63) is 23.8 Å². The number of nitrogens with zero attached hydrogens (tertiary/aromatic N) is 1. The number of aliphatic hydroxyl groups is 1. The lowest BCUT2D eigenvalue weighted by Gasteiger charge is -2.25. The molecule has 0 bridgehead atoms. The highest BCUT2D eigenvalue weighted by Gasteiger charge is 2.30. The maximum atomic E-state index is 11.6. The molecule has 0 heterocycles. The van der Waals surface area contributed by atoms with E-state index in [1.54, 1.807) is 25.2 Å². The van der Waals surface area contributed by atoms with Crippen LogP contribution in [0.15, 0.2) is 18.2 Å². The maximum Gasteiger partial charge on any atom is 0.251 e. The molecule has 0 radical (unpaired) electrons. The summed E-state index contributed by atoms with van der Waals surface area (Å²) in [4.78, 5) is 13.7. The summed E-state index contributed by atoms with van der Waals surface area (Å²) in [6.07, 6.45) is 2.23. The van der Waals surface area contributed by atoms with Crippen LogP contribution in [0, 0.1) is 0 Å². The summed E-state index contributed by atoms with van der Waals surface area (Å²) in [6.45, 7) is 0.631. The van der Waals surface area contributed by atoms with E-state index in [9.17, 15) is 4.79 Å². The van der Waals surface area contributed by atoms with Crippen molar-refractivity contribution in [1.82, 2.24) is 5.32 Å². The molecule has 1 aromatic rings. The average molecular weight is 249 g/mol. The van der Waals surface area contributed by atoms with Crippen LogP contribution < -0.4 is 16.0 Å². The number of hydrogen-bond acceptors (Lipinski definition) is 4. The van der Waals surface area contributed by atoms with Crippen LogP contribution in [0.2, 0.25) is 0 Å². The summed E-state index contributed by atoms with van der Waals surface area (Å²) < 4.78 is 0. The number of benzene rings is 1. The second-order valence-electron chi connectivity index (χ2n) is 4.50. The van der Waals surface area contributed by atoms with Gasteiger partial charge in [-0.3, -0.25) is 4.79 Å². The van der Waals surface area contributed by atoms with Crippen molar-refractivity contribution in [2.75, 3.05) is 30.8 Å². The standard InChI is InChI=1S/C13H19N3O2/c1-15-13(18)9-2-5-11(14)12(8-9)16(6-7-17)10-3-4-10/h2,5,8,10,17H,3-4,6-7,14H2,1H3,(H,15,18). The van der Waals surface area contributed by atoms with Gasteiger partial charge in [-0.1, -0.05) is 0 Å². The Morgan fingerprint density at radius 2 is 2.28 bits per heavy atom. The topological polar surface area (TPSA) is 78.6 Å². The highest BCUT2D eigenvalue weighted by atomic mass is 16.3. The number of anilines is 2. The first-order valence-electron chi connectivity index (χ1n) is 6.16. The molecule has 18 heavy (non-hydrogen) atoms. The van der Waals surface area contributed by atoms with Crippen molar-refractivity contribution >= 4 is 17.3 Å². The average Bonchev–Trinajstić information content (AvgIpc) is 3.20. The first kappa shape index (κ1) is 12.7. The molecule has 4 N–H and O–H groups in total. The maximum absolute atomic E-state index is 11.6. The first-order chi connectivity index (χ1) is 8.67. The summed E-state index contributed by atoms with van der Waals surface area (Å²) in [5.74, 6) is -0.129. The minimum Gasteiger partial charge on any atom is -0.397 e. The smallest absolute Gasteiger partial charge is 0.251 e. The van der Waals surface area contributed by atoms with Gasteiger partial charge in [0, 0.05) is 25.2 Å². The van der Waals surface area contributed by atoms with Gasteiger partial charge in [0.15, 0.2) is 0 Å². The molecule has 1 aromatic carbocycles. The molecule has 0 atom stereocenters. The normalized spacial score (nSPS) is 14.3. The number of aliphatic hydroxyl groups excluding tert-OH is 1. The van der Waals surface area contributed by atoms with Crippen LogP contribution in [0.1, 0.15) is 23.2 Å². The van der Waals surface area contributed by atoms with Crippen molar-refractivity contribution < 1.29 is 9.90 Å². The van der Waals surface area contributed by atoms with Crippen molar-refractivity contribution in [1.29, 1.82) is 0 Å². The Bertz CT molecular complexity index is 444. The summed E-state index contributed by atoms with van der Waals surface area (Å²) in [7, 11) is 1.60. The van der Waals surface area contributed by atoms with Gasteiger partial charge in [0.25, 0.3) is 5.91 Å². The third-order valence-corrected chi connectivity index (χ3v) is 3.16. The number of hydrogen-bond donors (Lipinski definition) is 3. The van der Waals surface area contributed by atoms with Crippen molar-refractivity contribution in [3.8, 4) is 0 Å². The second kappa shape index (κ2) is 5.27. The first-order valence-corrected chi connectivity index (χ1v) is 6.16. The van der Waals surface area contributed by atoms with E-state index in [1.165, 1.54) is 0 Å². The SMILES string of the molecule is CNC(=O)c1ccc(N)c(N(CCO)C2CC2)c1. The number of carbonyl (C=O) groups is 1. The third kappa shape index (κ3) is 2.56. The predicted octanol–water partition coefficient (Wildman–Crippen LogP) is 0.589. The third-order valence-electron chi connectivity index (χ3n) is 3.16. The number of carbonyl (C=O) groups excluding carboxylic acids is 1. The van der Waals surface area contributed by atoms with E-state index in [2.05, 4.69) is 10.2 Å². The molecule has 1 aliphatic carbocycles. The van der Waals surface area contributed by atoms with Crippen LogP contribution in [0.5, 0.6) is 0 Å². The molecule has 98 valence electrons. The Morgan fingerprint density at radius 1 is 1.56 bits per heavy atom. The van der Waals surface area contributed by atoms with Crippen LogP contribution in [-0.2, 0) is 0 Å². The van der Waals surface area contributed by atoms with Gasteiger partial charge < -0.3 is 21.1 Å². The van der Waals surface area contributed by atoms with Gasteiger partial charge in [-0.05, 0) is 31.0 Å². The number of nitrogen functional groups attached to an aromatic ring is 1. The zero-order valence-corrected chi connectivity index (χ0v) is 10.5. The van der Waals surface area contributed by atoms with E-state index < -0.39 is 0 Å². The van der Waals surface area contributed by atoms with Crippen LogP contribution in [0.3, 0.4) is 0 Å². The molecule has 0 saturated heterocycles. The highest BCUT2D eigenvalue weighted by molar-refractivity contribution is 5.96. The van der Waals surface area contributed by atoms with Gasteiger partial charge >= 0.3 is 0 Å². The fourth-order valence-electron chi connectivity index (χ4n) is 2.07. The number of amides is 1. The number of nitrogens with two attached hydrogens (primary N) is 1. The fourth-order valence-corrected chi connectivity index (χ4v) is 2.07. The second-order valence-corrected chi connectivity index (χ2v) is 4.50. The molecule has 1 aliphatic rings. The van der Waals surface area contributed by atoms with Crippen molar-refractivity contribution in [2.45, 2.75) is 18.9 Å². The van der Waals surface area contributed by atoms with Crippen molar-refractivity contribution in [3.63, 3.8) is 0 Å². The van der Waals surface area contributed by atoms with Gasteiger partial charge in [0.05, 0.1) is 18.0 Å². The molecule has 1 amide bonds. The summed E-state index contributed by atoms with van der Waals surface area (Å²) in [5.41, 5.74) is 8.04. The molecule has 0 unspecified atom stereocenters. The molecule has 5 nitrogen and oxygen atoms in total. The molecule has 2 rings (SSSR count). The number of nitrogens with one attached hydrogen (secondary N) is 1. The van der Waals surface area contributed by atoms with Gasteiger partial charge in [-0.25, -0.2) is 0 Å². The molecule has 1 fully saturated rings. The van der Waals surface area contributed by atoms with E-state index in [0.717, 1.165) is 18.5 Å². The monoisotopic (exact) mass is 249 g/mol. The minimum absolute atomic E-state index is 0.0835. The van der Waals surface area contributed by atoms with E-state index in [-0.39, 0.29) is 12.5 Å². The lowest BCUT2D eigenvalue weighted by atomic mass is 10.1. The molecular weight excluding hydrogens is 230 g/mol.